The number of anilines is 1. The van der Waals surface area contributed by atoms with Crippen molar-refractivity contribution in [1.82, 2.24) is 14.8 Å². The molecule has 1 aromatic heterocycles. The van der Waals surface area contributed by atoms with Crippen LogP contribution in [-0.4, -0.2) is 45.6 Å². The van der Waals surface area contributed by atoms with Gasteiger partial charge in [-0.25, -0.2) is 0 Å². The van der Waals surface area contributed by atoms with E-state index in [4.69, 9.17) is 21.1 Å². The molecular formula is C21H20ClN5O5S. The Bertz CT molecular complexity index is 1200. The van der Waals surface area contributed by atoms with Crippen LogP contribution in [0, 0.1) is 10.1 Å². The molecule has 10 nitrogen and oxygen atoms in total. The number of carbonyl (C=O) groups is 1. The van der Waals surface area contributed by atoms with Crippen LogP contribution in [0.15, 0.2) is 54.2 Å². The third-order valence-corrected chi connectivity index (χ3v) is 5.73. The standard InChI is InChI=1S/C21H20ClN5O5S/c1-4-9-26-20(13-5-8-17(31-2)18(10-13)32-3)24-25-21(26)33-12-19(28)23-16-11-14(27(29)30)6-7-15(16)22/h4-8,10-11H,1,9,12H2,2-3H3,(H,23,28). The number of non-ortho nitro benzene ring substituents is 1. The molecule has 0 unspecified atom stereocenters. The Hall–Kier alpha value is -3.57. The van der Waals surface area contributed by atoms with Crippen molar-refractivity contribution in [2.75, 3.05) is 25.3 Å². The molecule has 172 valence electrons. The van der Waals surface area contributed by atoms with Crippen LogP contribution in [0.2, 0.25) is 5.02 Å². The summed E-state index contributed by atoms with van der Waals surface area (Å²) in [4.78, 5) is 22.8. The van der Waals surface area contributed by atoms with Gasteiger partial charge in [-0.2, -0.15) is 0 Å². The highest BCUT2D eigenvalue weighted by molar-refractivity contribution is 7.99. The van der Waals surface area contributed by atoms with Gasteiger partial charge in [0, 0.05) is 24.2 Å². The van der Waals surface area contributed by atoms with Crippen LogP contribution < -0.4 is 14.8 Å². The number of nitrogens with zero attached hydrogens (tertiary/aromatic N) is 4. The van der Waals surface area contributed by atoms with Gasteiger partial charge in [-0.1, -0.05) is 29.4 Å². The van der Waals surface area contributed by atoms with Crippen molar-refractivity contribution in [3.63, 3.8) is 0 Å². The topological polar surface area (TPSA) is 121 Å². The maximum absolute atomic E-state index is 12.5. The minimum absolute atomic E-state index is 0.0137. The number of allylic oxidation sites excluding steroid dienone is 1. The Balaban J connectivity index is 1.78. The van der Waals surface area contributed by atoms with Gasteiger partial charge in [0.2, 0.25) is 5.91 Å². The van der Waals surface area contributed by atoms with Gasteiger partial charge in [0.25, 0.3) is 5.69 Å². The van der Waals surface area contributed by atoms with Gasteiger partial charge in [0.15, 0.2) is 22.5 Å². The summed E-state index contributed by atoms with van der Waals surface area (Å²) >= 11 is 7.21. The number of thioether (sulfide) groups is 1. The fraction of sp³-hybridized carbons (Fsp3) is 0.190. The molecule has 3 aromatic rings. The van der Waals surface area contributed by atoms with Crippen LogP contribution in [0.5, 0.6) is 11.5 Å². The predicted molar refractivity (Wildman–Crippen MR) is 126 cm³/mol. The molecule has 0 aliphatic heterocycles. The van der Waals surface area contributed by atoms with Gasteiger partial charge in [0.1, 0.15) is 0 Å². The van der Waals surface area contributed by atoms with Crippen molar-refractivity contribution in [2.24, 2.45) is 0 Å². The zero-order valence-electron chi connectivity index (χ0n) is 17.8. The van der Waals surface area contributed by atoms with Crippen LogP contribution in [-0.2, 0) is 11.3 Å². The maximum atomic E-state index is 12.5. The van der Waals surface area contributed by atoms with Crippen molar-refractivity contribution in [1.29, 1.82) is 0 Å². The van der Waals surface area contributed by atoms with E-state index < -0.39 is 10.8 Å². The van der Waals surface area contributed by atoms with E-state index in [-0.39, 0.29) is 22.2 Å². The first kappa shape index (κ1) is 24.1. The van der Waals surface area contributed by atoms with E-state index in [2.05, 4.69) is 22.1 Å². The molecular weight excluding hydrogens is 470 g/mol. The lowest BCUT2D eigenvalue weighted by Crippen LogP contribution is -2.15. The Morgan fingerprint density at radius 3 is 2.67 bits per heavy atom. The highest BCUT2D eigenvalue weighted by atomic mass is 35.5. The number of hydrogen-bond donors (Lipinski definition) is 1. The zero-order valence-corrected chi connectivity index (χ0v) is 19.4. The quantitative estimate of drug-likeness (QED) is 0.192. The number of amides is 1. The van der Waals surface area contributed by atoms with Crippen LogP contribution in [0.1, 0.15) is 0 Å². The molecule has 33 heavy (non-hydrogen) atoms. The first-order valence-corrected chi connectivity index (χ1v) is 10.9. The number of aromatic nitrogens is 3. The number of hydrogen-bond acceptors (Lipinski definition) is 8. The van der Waals surface area contributed by atoms with Crippen molar-refractivity contribution in [3.05, 3.63) is 64.2 Å². The largest absolute Gasteiger partial charge is 0.493 e. The number of ether oxygens (including phenoxy) is 2. The number of benzene rings is 2. The normalized spacial score (nSPS) is 10.5. The van der Waals surface area contributed by atoms with Crippen LogP contribution in [0.4, 0.5) is 11.4 Å². The molecule has 0 spiro atoms. The molecule has 1 amide bonds. The Kier molecular flexibility index (Phi) is 7.91. The van der Waals surface area contributed by atoms with E-state index >= 15 is 0 Å². The van der Waals surface area contributed by atoms with Crippen LogP contribution in [0.3, 0.4) is 0 Å². The SMILES string of the molecule is C=CCn1c(SCC(=O)Nc2cc([N+](=O)[O-])ccc2Cl)nnc1-c1ccc(OC)c(OC)c1. The van der Waals surface area contributed by atoms with Crippen LogP contribution >= 0.6 is 23.4 Å². The van der Waals surface area contributed by atoms with E-state index in [1.54, 1.807) is 32.4 Å². The lowest BCUT2D eigenvalue weighted by molar-refractivity contribution is -0.384. The van der Waals surface area contributed by atoms with Gasteiger partial charge < -0.3 is 14.8 Å². The van der Waals surface area contributed by atoms with E-state index in [1.807, 2.05) is 10.6 Å². The molecule has 12 heteroatoms. The summed E-state index contributed by atoms with van der Waals surface area (Å²) in [5.74, 6) is 1.29. The van der Waals surface area contributed by atoms with E-state index in [0.717, 1.165) is 17.3 Å². The summed E-state index contributed by atoms with van der Waals surface area (Å²) in [6.45, 7) is 4.19. The molecule has 0 bridgehead atoms. The first-order valence-electron chi connectivity index (χ1n) is 9.51. The molecule has 3 rings (SSSR count). The summed E-state index contributed by atoms with van der Waals surface area (Å²) in [5, 5.41) is 22.7. The minimum Gasteiger partial charge on any atom is -0.493 e. The number of carbonyl (C=O) groups excluding carboxylic acids is 1. The van der Waals surface area contributed by atoms with E-state index in [9.17, 15) is 14.9 Å². The molecule has 0 saturated carbocycles. The van der Waals surface area contributed by atoms with Crippen molar-refractivity contribution in [3.8, 4) is 22.9 Å². The fourth-order valence-electron chi connectivity index (χ4n) is 2.92. The second-order valence-electron chi connectivity index (χ2n) is 6.53. The van der Waals surface area contributed by atoms with Crippen molar-refractivity contribution >= 4 is 40.6 Å². The summed E-state index contributed by atoms with van der Waals surface area (Å²) in [5.41, 5.74) is 0.740. The molecule has 1 N–H and O–H groups in total. The second kappa shape index (κ2) is 10.8. The first-order chi connectivity index (χ1) is 15.9. The lowest BCUT2D eigenvalue weighted by Gasteiger charge is -2.11. The lowest BCUT2D eigenvalue weighted by atomic mass is 10.2. The number of nitro groups is 1. The van der Waals surface area contributed by atoms with Gasteiger partial charge in [-0.3, -0.25) is 19.5 Å². The number of rotatable bonds is 10. The summed E-state index contributed by atoms with van der Waals surface area (Å²) in [6.07, 6.45) is 1.70. The number of methoxy groups -OCH3 is 2. The van der Waals surface area contributed by atoms with Gasteiger partial charge in [-0.05, 0) is 24.3 Å². The van der Waals surface area contributed by atoms with E-state index in [1.165, 1.54) is 18.2 Å². The molecule has 0 fully saturated rings. The monoisotopic (exact) mass is 489 g/mol. The number of nitrogens with one attached hydrogen (secondary N) is 1. The summed E-state index contributed by atoms with van der Waals surface area (Å²) in [7, 11) is 3.10. The molecule has 0 aliphatic carbocycles. The van der Waals surface area contributed by atoms with Gasteiger partial charge in [0.05, 0.1) is 35.6 Å². The molecule has 0 saturated heterocycles. The molecule has 0 aliphatic rings. The average molecular weight is 490 g/mol. The smallest absolute Gasteiger partial charge is 0.271 e. The summed E-state index contributed by atoms with van der Waals surface area (Å²) in [6, 6.07) is 9.22. The molecule has 0 radical (unpaired) electrons. The van der Waals surface area contributed by atoms with E-state index in [0.29, 0.717) is 29.0 Å². The average Bonchev–Trinajstić information content (AvgIpc) is 3.21. The Labute approximate surface area is 198 Å². The maximum Gasteiger partial charge on any atom is 0.271 e. The third kappa shape index (κ3) is 5.62. The fourth-order valence-corrected chi connectivity index (χ4v) is 3.83. The zero-order chi connectivity index (χ0) is 24.0. The third-order valence-electron chi connectivity index (χ3n) is 4.44. The Morgan fingerprint density at radius 2 is 2.00 bits per heavy atom. The van der Waals surface area contributed by atoms with Crippen LogP contribution in [0.25, 0.3) is 11.4 Å². The highest BCUT2D eigenvalue weighted by Crippen LogP contribution is 2.33. The van der Waals surface area contributed by atoms with Gasteiger partial charge >= 0.3 is 0 Å². The minimum atomic E-state index is -0.561. The number of nitro benzene ring substituents is 1. The predicted octanol–water partition coefficient (Wildman–Crippen LogP) is 4.44. The second-order valence-corrected chi connectivity index (χ2v) is 7.88. The van der Waals surface area contributed by atoms with Crippen molar-refractivity contribution in [2.45, 2.75) is 11.7 Å². The molecule has 2 aromatic carbocycles. The van der Waals surface area contributed by atoms with Gasteiger partial charge in [-0.15, -0.1) is 16.8 Å². The number of halogens is 1. The molecule has 0 atom stereocenters. The molecule has 1 heterocycles. The summed E-state index contributed by atoms with van der Waals surface area (Å²) < 4.78 is 12.4. The highest BCUT2D eigenvalue weighted by Gasteiger charge is 2.18. The van der Waals surface area contributed by atoms with Crippen molar-refractivity contribution < 1.29 is 19.2 Å². The Morgan fingerprint density at radius 1 is 1.24 bits per heavy atom.